The number of nitrogens with two attached hydrogens (primary N) is 1. The molecule has 0 spiro atoms. The zero-order valence-corrected chi connectivity index (χ0v) is 10.1. The van der Waals surface area contributed by atoms with Crippen LogP contribution in [-0.2, 0) is 9.59 Å². The highest BCUT2D eigenvalue weighted by Crippen LogP contribution is 2.06. The van der Waals surface area contributed by atoms with Crippen molar-refractivity contribution in [2.45, 2.75) is 6.42 Å². The van der Waals surface area contributed by atoms with Gasteiger partial charge in [-0.05, 0) is 23.8 Å². The van der Waals surface area contributed by atoms with Gasteiger partial charge in [-0.2, -0.15) is 0 Å². The summed E-state index contributed by atoms with van der Waals surface area (Å²) in [5.74, 6) is -1.82. The average molecular weight is 262 g/mol. The molecule has 4 N–H and O–H groups in total. The summed E-state index contributed by atoms with van der Waals surface area (Å²) in [6, 6.07) is 6.40. The van der Waals surface area contributed by atoms with Crippen molar-refractivity contribution >= 4 is 23.9 Å². The highest BCUT2D eigenvalue weighted by atomic mass is 16.4. The second kappa shape index (κ2) is 6.95. The molecule has 6 heteroatoms. The fraction of sp³-hybridized carbons (Fsp3) is 0.154. The standard InChI is InChI=1S/C13H14N2O4/c14-11(16)7-8-15-13(19)10-4-1-9(2-5-10)3-6-12(17)18/h1-6H,7-8H2,(H2,14,16)(H,15,19)(H,17,18). The topological polar surface area (TPSA) is 109 Å². The van der Waals surface area contributed by atoms with E-state index in [1.807, 2.05) is 0 Å². The number of hydrogen-bond donors (Lipinski definition) is 3. The van der Waals surface area contributed by atoms with E-state index in [1.54, 1.807) is 24.3 Å². The van der Waals surface area contributed by atoms with Gasteiger partial charge in [0.05, 0.1) is 0 Å². The Labute approximate surface area is 109 Å². The van der Waals surface area contributed by atoms with Crippen molar-refractivity contribution in [2.24, 2.45) is 5.73 Å². The largest absolute Gasteiger partial charge is 0.478 e. The van der Waals surface area contributed by atoms with Crippen LogP contribution >= 0.6 is 0 Å². The van der Waals surface area contributed by atoms with Crippen molar-refractivity contribution in [3.05, 3.63) is 41.5 Å². The fourth-order valence-electron chi connectivity index (χ4n) is 1.31. The van der Waals surface area contributed by atoms with Gasteiger partial charge in [0, 0.05) is 24.6 Å². The number of benzene rings is 1. The minimum atomic E-state index is -1.03. The van der Waals surface area contributed by atoms with E-state index in [1.165, 1.54) is 6.08 Å². The third-order valence-corrected chi connectivity index (χ3v) is 2.25. The number of hydrogen-bond acceptors (Lipinski definition) is 3. The number of carbonyl (C=O) groups excluding carboxylic acids is 2. The number of carboxylic acids is 1. The summed E-state index contributed by atoms with van der Waals surface area (Å²) in [6.07, 6.45) is 2.53. The molecule has 0 atom stereocenters. The van der Waals surface area contributed by atoms with Crippen LogP contribution in [0.25, 0.3) is 6.08 Å². The van der Waals surface area contributed by atoms with Gasteiger partial charge in [-0.15, -0.1) is 0 Å². The molecular weight excluding hydrogens is 248 g/mol. The summed E-state index contributed by atoms with van der Waals surface area (Å²) in [7, 11) is 0. The van der Waals surface area contributed by atoms with E-state index in [4.69, 9.17) is 10.8 Å². The number of aliphatic carboxylic acids is 1. The van der Waals surface area contributed by atoms with Crippen LogP contribution in [-0.4, -0.2) is 29.4 Å². The van der Waals surface area contributed by atoms with Crippen molar-refractivity contribution in [3.8, 4) is 0 Å². The number of rotatable bonds is 6. The molecular formula is C13H14N2O4. The predicted octanol–water partition coefficient (Wildman–Crippen LogP) is 0.390. The van der Waals surface area contributed by atoms with Gasteiger partial charge in [-0.3, -0.25) is 9.59 Å². The van der Waals surface area contributed by atoms with Crippen LogP contribution in [0.2, 0.25) is 0 Å². The van der Waals surface area contributed by atoms with Crippen molar-refractivity contribution < 1.29 is 19.5 Å². The Kier molecular flexibility index (Phi) is 5.28. The Morgan fingerprint density at radius 3 is 2.37 bits per heavy atom. The van der Waals surface area contributed by atoms with Gasteiger partial charge in [0.15, 0.2) is 0 Å². The van der Waals surface area contributed by atoms with E-state index in [-0.39, 0.29) is 18.9 Å². The molecule has 0 heterocycles. The van der Waals surface area contributed by atoms with Crippen molar-refractivity contribution in [1.82, 2.24) is 5.32 Å². The van der Waals surface area contributed by atoms with Gasteiger partial charge in [-0.1, -0.05) is 12.1 Å². The summed E-state index contributed by atoms with van der Waals surface area (Å²) < 4.78 is 0. The maximum absolute atomic E-state index is 11.6. The van der Waals surface area contributed by atoms with Crippen LogP contribution in [0.15, 0.2) is 30.3 Å². The average Bonchev–Trinajstić information content (AvgIpc) is 2.36. The molecule has 1 aromatic carbocycles. The summed E-state index contributed by atoms with van der Waals surface area (Å²) in [6.45, 7) is 0.189. The van der Waals surface area contributed by atoms with Gasteiger partial charge in [0.25, 0.3) is 5.91 Å². The van der Waals surface area contributed by atoms with Gasteiger partial charge in [-0.25, -0.2) is 4.79 Å². The number of amides is 2. The molecule has 1 aromatic rings. The molecule has 2 amide bonds. The highest BCUT2D eigenvalue weighted by molar-refractivity contribution is 5.94. The normalized spacial score (nSPS) is 10.3. The highest BCUT2D eigenvalue weighted by Gasteiger charge is 2.04. The summed E-state index contributed by atoms with van der Waals surface area (Å²) >= 11 is 0. The molecule has 0 radical (unpaired) electrons. The summed E-state index contributed by atoms with van der Waals surface area (Å²) in [4.78, 5) is 32.5. The van der Waals surface area contributed by atoms with Crippen LogP contribution in [0.5, 0.6) is 0 Å². The molecule has 0 unspecified atom stereocenters. The third kappa shape index (κ3) is 5.49. The van der Waals surface area contributed by atoms with E-state index < -0.39 is 11.9 Å². The smallest absolute Gasteiger partial charge is 0.328 e. The molecule has 0 fully saturated rings. The lowest BCUT2D eigenvalue weighted by molar-refractivity contribution is -0.131. The fourth-order valence-corrected chi connectivity index (χ4v) is 1.31. The molecule has 0 aromatic heterocycles. The first-order valence-electron chi connectivity index (χ1n) is 5.56. The van der Waals surface area contributed by atoms with Crippen LogP contribution in [0.1, 0.15) is 22.3 Å². The molecule has 6 nitrogen and oxygen atoms in total. The molecule has 0 saturated carbocycles. The van der Waals surface area contributed by atoms with Gasteiger partial charge in [0.2, 0.25) is 5.91 Å². The van der Waals surface area contributed by atoms with Crippen molar-refractivity contribution in [1.29, 1.82) is 0 Å². The molecule has 100 valence electrons. The van der Waals surface area contributed by atoms with E-state index in [0.717, 1.165) is 6.08 Å². The van der Waals surface area contributed by atoms with Crippen molar-refractivity contribution in [3.63, 3.8) is 0 Å². The number of carboxylic acid groups (broad SMARTS) is 1. The Morgan fingerprint density at radius 1 is 1.21 bits per heavy atom. The number of carbonyl (C=O) groups is 3. The lowest BCUT2D eigenvalue weighted by Crippen LogP contribution is -2.27. The maximum atomic E-state index is 11.6. The Bertz CT molecular complexity index is 506. The van der Waals surface area contributed by atoms with Crippen LogP contribution in [0, 0.1) is 0 Å². The van der Waals surface area contributed by atoms with Crippen molar-refractivity contribution in [2.75, 3.05) is 6.54 Å². The SMILES string of the molecule is NC(=O)CCNC(=O)c1ccc(C=CC(=O)O)cc1. The Hall–Kier alpha value is -2.63. The second-order valence-electron chi connectivity index (χ2n) is 3.77. The van der Waals surface area contributed by atoms with Gasteiger partial charge >= 0.3 is 5.97 Å². The molecule has 0 aliphatic heterocycles. The quantitative estimate of drug-likeness (QED) is 0.644. The van der Waals surface area contributed by atoms with E-state index in [9.17, 15) is 14.4 Å². The third-order valence-electron chi connectivity index (χ3n) is 2.25. The lowest BCUT2D eigenvalue weighted by Gasteiger charge is -2.04. The number of nitrogens with one attached hydrogen (secondary N) is 1. The Balaban J connectivity index is 2.58. The first kappa shape index (κ1) is 14.4. The lowest BCUT2D eigenvalue weighted by atomic mass is 10.1. The van der Waals surface area contributed by atoms with Crippen LogP contribution in [0.3, 0.4) is 0 Å². The Morgan fingerprint density at radius 2 is 1.84 bits per heavy atom. The van der Waals surface area contributed by atoms with E-state index >= 15 is 0 Å². The molecule has 0 saturated heterocycles. The summed E-state index contributed by atoms with van der Waals surface area (Å²) in [5.41, 5.74) is 6.05. The monoisotopic (exact) mass is 262 g/mol. The van der Waals surface area contributed by atoms with E-state index in [0.29, 0.717) is 11.1 Å². The minimum Gasteiger partial charge on any atom is -0.478 e. The first-order valence-corrected chi connectivity index (χ1v) is 5.56. The zero-order valence-electron chi connectivity index (χ0n) is 10.1. The van der Waals surface area contributed by atoms with Gasteiger partial charge in [0.1, 0.15) is 0 Å². The molecule has 0 bridgehead atoms. The van der Waals surface area contributed by atoms with Gasteiger partial charge < -0.3 is 16.2 Å². The summed E-state index contributed by atoms with van der Waals surface area (Å²) in [5, 5.41) is 11.0. The molecule has 1 rings (SSSR count). The first-order chi connectivity index (χ1) is 8.99. The van der Waals surface area contributed by atoms with Crippen LogP contribution in [0.4, 0.5) is 0 Å². The molecule has 0 aliphatic rings. The predicted molar refractivity (Wildman–Crippen MR) is 69.3 cm³/mol. The van der Waals surface area contributed by atoms with E-state index in [2.05, 4.69) is 5.32 Å². The number of primary amides is 1. The zero-order chi connectivity index (χ0) is 14.3. The van der Waals surface area contributed by atoms with Crippen LogP contribution < -0.4 is 11.1 Å². The minimum absolute atomic E-state index is 0.0885. The molecule has 19 heavy (non-hydrogen) atoms. The maximum Gasteiger partial charge on any atom is 0.328 e. The molecule has 0 aliphatic carbocycles. The second-order valence-corrected chi connectivity index (χ2v) is 3.77.